The minimum absolute atomic E-state index is 0.101. The van der Waals surface area contributed by atoms with Crippen molar-refractivity contribution in [1.82, 2.24) is 10.6 Å². The number of hydrogen-bond acceptors (Lipinski definition) is 5. The zero-order chi connectivity index (χ0) is 20.7. The first kappa shape index (κ1) is 20.3. The number of furan rings is 1. The van der Waals surface area contributed by atoms with Crippen LogP contribution in [-0.4, -0.2) is 26.8 Å². The monoisotopic (exact) mass is 412 g/mol. The summed E-state index contributed by atoms with van der Waals surface area (Å²) in [5.74, 6) is -1.58. The minimum Gasteiger partial charge on any atom is -0.468 e. The lowest BCUT2D eigenvalue weighted by atomic mass is 10.2. The molecule has 0 aliphatic carbocycles. The Labute approximate surface area is 168 Å². The Morgan fingerprint density at radius 3 is 2.07 bits per heavy atom. The fourth-order valence-corrected chi connectivity index (χ4v) is 4.34. The van der Waals surface area contributed by atoms with E-state index >= 15 is 0 Å². The Balaban J connectivity index is 1.67. The molecule has 0 saturated heterocycles. The molecule has 2 amide bonds. The summed E-state index contributed by atoms with van der Waals surface area (Å²) in [4.78, 5) is 24.3. The molecule has 29 heavy (non-hydrogen) atoms. The van der Waals surface area contributed by atoms with Crippen molar-refractivity contribution in [2.45, 2.75) is 16.7 Å². The number of benzene rings is 2. The standard InChI is InChI=1S/C21H20N2O5S/c24-20(22-14-16-8-3-1-4-9-16)21(25)23-15-19(18-12-7-13-28-18)29(26,27)17-10-5-2-6-11-17/h1-13,19H,14-15H2,(H,22,24)(H,23,25)/t19-/m0/s1. The van der Waals surface area contributed by atoms with E-state index in [-0.39, 0.29) is 23.7 Å². The van der Waals surface area contributed by atoms with E-state index < -0.39 is 26.9 Å². The molecule has 1 aromatic heterocycles. The summed E-state index contributed by atoms with van der Waals surface area (Å²) in [5, 5.41) is 3.74. The number of carbonyl (C=O) groups excluding carboxylic acids is 2. The summed E-state index contributed by atoms with van der Waals surface area (Å²) in [6.45, 7) is -0.112. The van der Waals surface area contributed by atoms with Crippen LogP contribution in [-0.2, 0) is 26.0 Å². The number of amides is 2. The van der Waals surface area contributed by atoms with Crippen molar-refractivity contribution in [3.63, 3.8) is 0 Å². The number of rotatable bonds is 7. The summed E-state index contributed by atoms with van der Waals surface area (Å²) >= 11 is 0. The third-order valence-electron chi connectivity index (χ3n) is 4.26. The van der Waals surface area contributed by atoms with E-state index in [9.17, 15) is 18.0 Å². The average molecular weight is 412 g/mol. The summed E-state index contributed by atoms with van der Waals surface area (Å²) in [6, 6.07) is 20.1. The van der Waals surface area contributed by atoms with Gasteiger partial charge in [0.2, 0.25) is 0 Å². The van der Waals surface area contributed by atoms with Crippen LogP contribution in [0.25, 0.3) is 0 Å². The topological polar surface area (TPSA) is 105 Å². The van der Waals surface area contributed by atoms with Crippen LogP contribution in [0.5, 0.6) is 0 Å². The van der Waals surface area contributed by atoms with E-state index in [1.165, 1.54) is 24.5 Å². The third-order valence-corrected chi connectivity index (χ3v) is 6.33. The smallest absolute Gasteiger partial charge is 0.309 e. The highest BCUT2D eigenvalue weighted by Crippen LogP contribution is 2.28. The summed E-state index contributed by atoms with van der Waals surface area (Å²) in [7, 11) is -3.84. The molecular formula is C21H20N2O5S. The number of hydrogen-bond donors (Lipinski definition) is 2. The second kappa shape index (κ2) is 9.20. The lowest BCUT2D eigenvalue weighted by molar-refractivity contribution is -0.139. The molecule has 0 radical (unpaired) electrons. The van der Waals surface area contributed by atoms with Crippen molar-refractivity contribution in [2.24, 2.45) is 0 Å². The molecule has 0 spiro atoms. The third kappa shape index (κ3) is 5.11. The summed E-state index contributed by atoms with van der Waals surface area (Å²) < 4.78 is 31.3. The molecule has 0 fully saturated rings. The molecule has 2 aromatic carbocycles. The average Bonchev–Trinajstić information content (AvgIpc) is 3.27. The van der Waals surface area contributed by atoms with Gasteiger partial charge in [-0.15, -0.1) is 0 Å². The summed E-state index contributed by atoms with van der Waals surface area (Å²) in [6.07, 6.45) is 1.36. The molecule has 3 rings (SSSR count). The molecule has 0 aliphatic heterocycles. The Morgan fingerprint density at radius 1 is 0.828 bits per heavy atom. The fraction of sp³-hybridized carbons (Fsp3) is 0.143. The molecule has 8 heteroatoms. The van der Waals surface area contributed by atoms with Crippen molar-refractivity contribution in [3.8, 4) is 0 Å². The molecule has 0 aliphatic rings. The molecular weight excluding hydrogens is 392 g/mol. The zero-order valence-corrected chi connectivity index (χ0v) is 16.3. The van der Waals surface area contributed by atoms with E-state index in [4.69, 9.17) is 4.42 Å². The van der Waals surface area contributed by atoms with Crippen LogP contribution in [0, 0.1) is 0 Å². The Morgan fingerprint density at radius 2 is 1.45 bits per heavy atom. The van der Waals surface area contributed by atoms with Crippen LogP contribution in [0.1, 0.15) is 16.6 Å². The molecule has 2 N–H and O–H groups in total. The second-order valence-corrected chi connectivity index (χ2v) is 8.37. The number of carbonyl (C=O) groups is 2. The van der Waals surface area contributed by atoms with E-state index in [0.717, 1.165) is 5.56 Å². The molecule has 0 bridgehead atoms. The lowest BCUT2D eigenvalue weighted by Crippen LogP contribution is -2.42. The van der Waals surface area contributed by atoms with Gasteiger partial charge in [-0.1, -0.05) is 48.5 Å². The van der Waals surface area contributed by atoms with Gasteiger partial charge in [-0.2, -0.15) is 0 Å². The first-order chi connectivity index (χ1) is 14.0. The highest BCUT2D eigenvalue weighted by atomic mass is 32.2. The van der Waals surface area contributed by atoms with Crippen molar-refractivity contribution >= 4 is 21.7 Å². The first-order valence-corrected chi connectivity index (χ1v) is 10.5. The van der Waals surface area contributed by atoms with Crippen LogP contribution < -0.4 is 10.6 Å². The van der Waals surface area contributed by atoms with Gasteiger partial charge in [-0.25, -0.2) is 8.42 Å². The molecule has 7 nitrogen and oxygen atoms in total. The Kier molecular flexibility index (Phi) is 6.46. The van der Waals surface area contributed by atoms with Crippen LogP contribution >= 0.6 is 0 Å². The highest BCUT2D eigenvalue weighted by molar-refractivity contribution is 7.91. The van der Waals surface area contributed by atoms with Crippen LogP contribution in [0.4, 0.5) is 0 Å². The number of nitrogens with one attached hydrogen (secondary N) is 2. The molecule has 1 atom stereocenters. The maximum Gasteiger partial charge on any atom is 0.309 e. The van der Waals surface area contributed by atoms with Gasteiger partial charge in [-0.3, -0.25) is 9.59 Å². The normalized spacial score (nSPS) is 12.1. The molecule has 3 aromatic rings. The molecule has 1 heterocycles. The molecule has 150 valence electrons. The fourth-order valence-electron chi connectivity index (χ4n) is 2.74. The lowest BCUT2D eigenvalue weighted by Gasteiger charge is -2.16. The van der Waals surface area contributed by atoms with Crippen molar-refractivity contribution in [1.29, 1.82) is 0 Å². The maximum atomic E-state index is 13.0. The highest BCUT2D eigenvalue weighted by Gasteiger charge is 2.32. The van der Waals surface area contributed by atoms with Crippen LogP contribution in [0.15, 0.2) is 88.4 Å². The SMILES string of the molecule is O=C(NCc1ccccc1)C(=O)NC[C@@H](c1ccco1)S(=O)(=O)c1ccccc1. The Hall–Kier alpha value is -3.39. The predicted octanol–water partition coefficient (Wildman–Crippen LogP) is 2.23. The van der Waals surface area contributed by atoms with E-state index in [0.29, 0.717) is 0 Å². The molecule has 0 unspecified atom stereocenters. The van der Waals surface area contributed by atoms with Crippen molar-refractivity contribution in [2.75, 3.05) is 6.54 Å². The van der Waals surface area contributed by atoms with Gasteiger partial charge in [0, 0.05) is 13.1 Å². The summed E-state index contributed by atoms with van der Waals surface area (Å²) in [5.41, 5.74) is 0.841. The predicted molar refractivity (Wildman–Crippen MR) is 106 cm³/mol. The van der Waals surface area contributed by atoms with Gasteiger partial charge < -0.3 is 15.1 Å². The minimum atomic E-state index is -3.84. The zero-order valence-electron chi connectivity index (χ0n) is 15.4. The van der Waals surface area contributed by atoms with E-state index in [2.05, 4.69) is 10.6 Å². The van der Waals surface area contributed by atoms with E-state index in [1.807, 2.05) is 30.3 Å². The van der Waals surface area contributed by atoms with Gasteiger partial charge in [0.05, 0.1) is 11.2 Å². The van der Waals surface area contributed by atoms with Crippen molar-refractivity contribution in [3.05, 3.63) is 90.4 Å². The Bertz CT molecular complexity index is 1050. The number of sulfone groups is 1. The van der Waals surface area contributed by atoms with Gasteiger partial charge >= 0.3 is 11.8 Å². The molecule has 0 saturated carbocycles. The van der Waals surface area contributed by atoms with Crippen LogP contribution in [0.2, 0.25) is 0 Å². The quantitative estimate of drug-likeness (QED) is 0.579. The van der Waals surface area contributed by atoms with Gasteiger partial charge in [-0.05, 0) is 29.8 Å². The van der Waals surface area contributed by atoms with Crippen molar-refractivity contribution < 1.29 is 22.4 Å². The van der Waals surface area contributed by atoms with E-state index in [1.54, 1.807) is 24.3 Å². The van der Waals surface area contributed by atoms with Gasteiger partial charge in [0.1, 0.15) is 11.0 Å². The van der Waals surface area contributed by atoms with Gasteiger partial charge in [0.25, 0.3) is 0 Å². The maximum absolute atomic E-state index is 13.0. The van der Waals surface area contributed by atoms with Gasteiger partial charge in [0.15, 0.2) is 9.84 Å². The largest absolute Gasteiger partial charge is 0.468 e. The first-order valence-electron chi connectivity index (χ1n) is 8.91. The second-order valence-electron chi connectivity index (χ2n) is 6.24. The van der Waals surface area contributed by atoms with Crippen LogP contribution in [0.3, 0.4) is 0 Å².